The lowest BCUT2D eigenvalue weighted by Gasteiger charge is -2.44. The largest absolute Gasteiger partial charge is 0.470 e. The van der Waals surface area contributed by atoms with E-state index >= 15 is 0 Å². The van der Waals surface area contributed by atoms with Crippen LogP contribution in [-0.4, -0.2) is 79.5 Å². The van der Waals surface area contributed by atoms with Gasteiger partial charge in [-0.3, -0.25) is 22.6 Å². The molecular formula is C6H17O20P5. The number of rotatable bonds is 10. The third-order valence-electron chi connectivity index (χ3n) is 3.17. The van der Waals surface area contributed by atoms with Gasteiger partial charge in [0.2, 0.25) is 0 Å². The average Bonchev–Trinajstić information content (AvgIpc) is 2.39. The van der Waals surface area contributed by atoms with Crippen molar-refractivity contribution < 1.29 is 94.4 Å². The maximum atomic E-state index is 11.3. The van der Waals surface area contributed by atoms with Crippen molar-refractivity contribution in [2.45, 2.75) is 36.9 Å². The molecule has 4 atom stereocenters. The molecule has 0 heterocycles. The van der Waals surface area contributed by atoms with E-state index in [-0.39, 0.29) is 0 Å². The van der Waals surface area contributed by atoms with E-state index in [1.807, 2.05) is 0 Å². The molecular weight excluding hydrogens is 547 g/mol. The molecule has 0 spiro atoms. The van der Waals surface area contributed by atoms with Crippen molar-refractivity contribution in [1.29, 1.82) is 0 Å². The molecule has 1 aliphatic carbocycles. The van der Waals surface area contributed by atoms with Gasteiger partial charge in [0.05, 0.1) is 0 Å². The van der Waals surface area contributed by atoms with Crippen LogP contribution in [-0.2, 0) is 45.4 Å². The molecule has 1 fully saturated rings. The smallest absolute Gasteiger partial charge is 0.303 e. The van der Waals surface area contributed by atoms with Crippen molar-refractivity contribution in [2.75, 3.05) is 0 Å². The maximum Gasteiger partial charge on any atom is 0.470 e. The van der Waals surface area contributed by atoms with Gasteiger partial charge in [0.25, 0.3) is 0 Å². The molecule has 2 unspecified atom stereocenters. The molecule has 0 aromatic rings. The van der Waals surface area contributed by atoms with Crippen LogP contribution in [0.2, 0.25) is 0 Å². The lowest BCUT2D eigenvalue weighted by molar-refractivity contribution is -0.158. The van der Waals surface area contributed by atoms with Gasteiger partial charge in [-0.1, -0.05) is 0 Å². The summed E-state index contributed by atoms with van der Waals surface area (Å²) >= 11 is 0. The second kappa shape index (κ2) is 10.0. The molecule has 0 aromatic heterocycles. The van der Waals surface area contributed by atoms with Crippen LogP contribution in [0.5, 0.6) is 0 Å². The van der Waals surface area contributed by atoms with Gasteiger partial charge in [0.15, 0.2) is 0 Å². The van der Waals surface area contributed by atoms with Gasteiger partial charge >= 0.3 is 39.1 Å². The molecule has 31 heavy (non-hydrogen) atoms. The van der Waals surface area contributed by atoms with E-state index in [0.29, 0.717) is 0 Å². The van der Waals surface area contributed by atoms with E-state index in [4.69, 9.17) is 48.9 Å². The zero-order valence-corrected chi connectivity index (χ0v) is 18.9. The van der Waals surface area contributed by atoms with Crippen LogP contribution in [0.15, 0.2) is 0 Å². The van der Waals surface area contributed by atoms with Gasteiger partial charge in [-0.15, -0.1) is 0 Å². The van der Waals surface area contributed by atoms with Crippen molar-refractivity contribution >= 4 is 39.1 Å². The summed E-state index contributed by atoms with van der Waals surface area (Å²) in [6.45, 7) is 0. The highest BCUT2D eigenvalue weighted by molar-refractivity contribution is 7.47. The highest BCUT2D eigenvalue weighted by atomic mass is 31.2. The van der Waals surface area contributed by atoms with Gasteiger partial charge in [0.1, 0.15) is 30.5 Å². The standard InChI is InChI=1S/C6H17O20P5/c7-27(8,9)22-2-1-3(23-28(10,11)12)5(25-30(16,17)18)6(26-31(19,20)21)4(2)24-29(13,14)15/h2-6H,1H2,(H2,7,8,9)(H2,10,11,12)(H2,13,14,15)(H2,16,17,18)(H2,19,20,21)/t2-,3-,4?,5?,6?/m0/s1. The molecule has 1 aliphatic rings. The Bertz CT molecular complexity index is 795. The Labute approximate surface area is 171 Å². The van der Waals surface area contributed by atoms with Gasteiger partial charge in [0, 0.05) is 6.42 Å². The molecule has 1 rings (SSSR count). The summed E-state index contributed by atoms with van der Waals surface area (Å²) in [6, 6.07) is 0. The highest BCUT2D eigenvalue weighted by Gasteiger charge is 2.56. The molecule has 0 aromatic carbocycles. The second-order valence-corrected chi connectivity index (χ2v) is 11.6. The van der Waals surface area contributed by atoms with E-state index < -0.39 is 76.1 Å². The van der Waals surface area contributed by atoms with Crippen LogP contribution < -0.4 is 0 Å². The zero-order chi connectivity index (χ0) is 24.6. The molecule has 0 radical (unpaired) electrons. The Morgan fingerprint density at radius 3 is 0.871 bits per heavy atom. The zero-order valence-electron chi connectivity index (χ0n) is 14.4. The van der Waals surface area contributed by atoms with Gasteiger partial charge < -0.3 is 48.9 Å². The van der Waals surface area contributed by atoms with Crippen LogP contribution in [0.1, 0.15) is 6.42 Å². The van der Waals surface area contributed by atoms with Crippen LogP contribution >= 0.6 is 39.1 Å². The van der Waals surface area contributed by atoms with E-state index in [9.17, 15) is 22.8 Å². The van der Waals surface area contributed by atoms with E-state index in [2.05, 4.69) is 22.6 Å². The Kier molecular flexibility index (Phi) is 9.58. The van der Waals surface area contributed by atoms with Crippen molar-refractivity contribution in [3.05, 3.63) is 0 Å². The Balaban J connectivity index is 3.63. The third kappa shape index (κ3) is 12.0. The van der Waals surface area contributed by atoms with Crippen LogP contribution in [0.25, 0.3) is 0 Å². The molecule has 0 saturated heterocycles. The Morgan fingerprint density at radius 1 is 0.419 bits per heavy atom. The predicted octanol–water partition coefficient (Wildman–Crippen LogP) is -2.22. The van der Waals surface area contributed by atoms with Crippen molar-refractivity contribution in [3.8, 4) is 0 Å². The quantitative estimate of drug-likeness (QED) is 0.126. The van der Waals surface area contributed by atoms with Gasteiger partial charge in [-0.2, -0.15) is 0 Å². The fourth-order valence-corrected chi connectivity index (χ4v) is 5.34. The van der Waals surface area contributed by atoms with Crippen molar-refractivity contribution in [2.24, 2.45) is 0 Å². The lowest BCUT2D eigenvalue weighted by Crippen LogP contribution is -2.58. The number of phosphoric acid groups is 5. The van der Waals surface area contributed by atoms with Crippen molar-refractivity contribution in [3.63, 3.8) is 0 Å². The molecule has 10 N–H and O–H groups in total. The molecule has 0 bridgehead atoms. The van der Waals surface area contributed by atoms with Crippen LogP contribution in [0, 0.1) is 0 Å². The van der Waals surface area contributed by atoms with Crippen LogP contribution in [0.4, 0.5) is 0 Å². The Morgan fingerprint density at radius 2 is 0.645 bits per heavy atom. The van der Waals surface area contributed by atoms with Crippen LogP contribution in [0.3, 0.4) is 0 Å². The molecule has 1 saturated carbocycles. The lowest BCUT2D eigenvalue weighted by atomic mass is 9.87. The normalized spacial score (nSPS) is 29.2. The molecule has 0 aliphatic heterocycles. The Hall–Kier alpha value is 0.550. The molecule has 20 nitrogen and oxygen atoms in total. The first kappa shape index (κ1) is 29.6. The first-order valence-corrected chi connectivity index (χ1v) is 14.8. The topological polar surface area (TPSA) is 334 Å². The molecule has 25 heteroatoms. The monoisotopic (exact) mass is 564 g/mol. The predicted molar refractivity (Wildman–Crippen MR) is 89.2 cm³/mol. The second-order valence-electron chi connectivity index (χ2n) is 5.69. The average molecular weight is 564 g/mol. The summed E-state index contributed by atoms with van der Waals surface area (Å²) in [5.74, 6) is 0. The number of phosphoric ester groups is 5. The minimum absolute atomic E-state index is 1.24. The number of hydrogen-bond donors (Lipinski definition) is 10. The summed E-state index contributed by atoms with van der Waals surface area (Å²) in [5, 5.41) is 0. The summed E-state index contributed by atoms with van der Waals surface area (Å²) in [7, 11) is -28.3. The fraction of sp³-hybridized carbons (Fsp3) is 1.00. The highest BCUT2D eigenvalue weighted by Crippen LogP contribution is 2.54. The summed E-state index contributed by atoms with van der Waals surface area (Å²) in [6.07, 6.45) is -14.0. The fourth-order valence-electron chi connectivity index (χ4n) is 2.52. The summed E-state index contributed by atoms with van der Waals surface area (Å²) in [4.78, 5) is 90.0. The summed E-state index contributed by atoms with van der Waals surface area (Å²) < 4.78 is 77.0. The first-order valence-electron chi connectivity index (χ1n) is 7.15. The third-order valence-corrected chi connectivity index (χ3v) is 5.81. The minimum Gasteiger partial charge on any atom is -0.303 e. The van der Waals surface area contributed by atoms with Crippen molar-refractivity contribution in [1.82, 2.24) is 0 Å². The van der Waals surface area contributed by atoms with Gasteiger partial charge in [-0.05, 0) is 0 Å². The van der Waals surface area contributed by atoms with E-state index in [0.717, 1.165) is 0 Å². The van der Waals surface area contributed by atoms with E-state index in [1.54, 1.807) is 0 Å². The molecule has 0 amide bonds. The SMILES string of the molecule is O=P(O)(O)OC1C(OP(=O)(O)O)[C@@H](OP(=O)(O)O)C[C@H](OP(=O)(O)O)C1OP(=O)(O)O. The summed E-state index contributed by atoms with van der Waals surface area (Å²) in [5.41, 5.74) is 0. The minimum atomic E-state index is -5.76. The molecule has 186 valence electrons. The van der Waals surface area contributed by atoms with E-state index in [1.165, 1.54) is 0 Å². The maximum absolute atomic E-state index is 11.3. The number of hydrogen-bond acceptors (Lipinski definition) is 10. The first-order chi connectivity index (χ1) is 13.5. The van der Waals surface area contributed by atoms with Gasteiger partial charge in [-0.25, -0.2) is 22.8 Å².